The van der Waals surface area contributed by atoms with Crippen molar-refractivity contribution in [3.63, 3.8) is 0 Å². The highest BCUT2D eigenvalue weighted by molar-refractivity contribution is 7.92. The van der Waals surface area contributed by atoms with Crippen molar-refractivity contribution < 1.29 is 13.2 Å². The Hall–Kier alpha value is -1.56. The molecule has 0 saturated heterocycles. The van der Waals surface area contributed by atoms with Crippen LogP contribution in [0.3, 0.4) is 0 Å². The fourth-order valence-corrected chi connectivity index (χ4v) is 3.07. The second kappa shape index (κ2) is 6.74. The zero-order chi connectivity index (χ0) is 15.3. The number of benzene rings is 1. The largest absolute Gasteiger partial charge is 0.398 e. The number of hydrogen-bond acceptors (Lipinski definition) is 4. The average Bonchev–Trinajstić information content (AvgIpc) is 2.41. The Bertz CT molecular complexity index is 582. The smallest absolute Gasteiger partial charge is 0.225 e. The number of rotatable bonds is 6. The van der Waals surface area contributed by atoms with Crippen molar-refractivity contribution >= 4 is 27.1 Å². The minimum Gasteiger partial charge on any atom is -0.398 e. The summed E-state index contributed by atoms with van der Waals surface area (Å²) in [6.45, 7) is 5.29. The Morgan fingerprint density at radius 2 is 2.05 bits per heavy atom. The molecule has 1 aromatic rings. The number of amides is 1. The molecule has 6 heteroatoms. The zero-order valence-electron chi connectivity index (χ0n) is 12.1. The van der Waals surface area contributed by atoms with Gasteiger partial charge in [0, 0.05) is 17.8 Å². The molecule has 0 spiro atoms. The number of hydrogen-bond donors (Lipinski definition) is 2. The molecule has 20 heavy (non-hydrogen) atoms. The molecular formula is C14H22N2O3S. The molecule has 0 aliphatic carbocycles. The lowest BCUT2D eigenvalue weighted by atomic mass is 10.1. The molecule has 0 saturated carbocycles. The lowest BCUT2D eigenvalue weighted by molar-refractivity contribution is -0.115. The summed E-state index contributed by atoms with van der Waals surface area (Å²) in [5.74, 6) is -0.444. The standard InChI is InChI=1S/C14H22N2O3S/c1-4-10(2)20(18,19)9-8-14(17)16-13-7-5-6-12(15)11(13)3/h5-7,10H,4,8-9,15H2,1-3H3,(H,16,17). The SMILES string of the molecule is CCC(C)S(=O)(=O)CCC(=O)Nc1cccc(N)c1C. The maximum absolute atomic E-state index is 11.8. The number of nitrogens with one attached hydrogen (secondary N) is 1. The van der Waals surface area contributed by atoms with Crippen LogP contribution in [0.2, 0.25) is 0 Å². The van der Waals surface area contributed by atoms with E-state index in [0.717, 1.165) is 5.56 Å². The van der Waals surface area contributed by atoms with Crippen LogP contribution in [-0.2, 0) is 14.6 Å². The molecule has 3 N–H and O–H groups in total. The van der Waals surface area contributed by atoms with Crippen LogP contribution >= 0.6 is 0 Å². The van der Waals surface area contributed by atoms with Crippen molar-refractivity contribution in [2.45, 2.75) is 38.9 Å². The molecule has 5 nitrogen and oxygen atoms in total. The number of carbonyl (C=O) groups excluding carboxylic acids is 1. The van der Waals surface area contributed by atoms with Gasteiger partial charge in [-0.25, -0.2) is 8.42 Å². The summed E-state index contributed by atoms with van der Waals surface area (Å²) >= 11 is 0. The van der Waals surface area contributed by atoms with Crippen LogP contribution in [0.15, 0.2) is 18.2 Å². The van der Waals surface area contributed by atoms with E-state index in [4.69, 9.17) is 5.73 Å². The Balaban J connectivity index is 2.63. The van der Waals surface area contributed by atoms with Gasteiger partial charge in [-0.15, -0.1) is 0 Å². The van der Waals surface area contributed by atoms with Gasteiger partial charge in [-0.1, -0.05) is 13.0 Å². The highest BCUT2D eigenvalue weighted by Crippen LogP contribution is 2.20. The minimum atomic E-state index is -3.20. The average molecular weight is 298 g/mol. The van der Waals surface area contributed by atoms with Crippen LogP contribution in [0.25, 0.3) is 0 Å². The van der Waals surface area contributed by atoms with Crippen molar-refractivity contribution in [1.29, 1.82) is 0 Å². The molecule has 1 rings (SSSR count). The lowest BCUT2D eigenvalue weighted by Gasteiger charge is -2.12. The van der Waals surface area contributed by atoms with Crippen LogP contribution < -0.4 is 11.1 Å². The number of nitrogens with two attached hydrogens (primary N) is 1. The summed E-state index contributed by atoms with van der Waals surface area (Å²) in [5.41, 5.74) is 7.75. The van der Waals surface area contributed by atoms with Gasteiger partial charge < -0.3 is 11.1 Å². The van der Waals surface area contributed by atoms with E-state index >= 15 is 0 Å². The Labute approximate surface area is 120 Å². The van der Waals surface area contributed by atoms with Gasteiger partial charge in [-0.05, 0) is 38.0 Å². The number of sulfone groups is 1. The summed E-state index contributed by atoms with van der Waals surface area (Å²) < 4.78 is 23.7. The van der Waals surface area contributed by atoms with Gasteiger partial charge in [0.2, 0.25) is 5.91 Å². The number of nitrogen functional groups attached to an aromatic ring is 1. The van der Waals surface area contributed by atoms with E-state index in [9.17, 15) is 13.2 Å². The molecule has 0 aliphatic heterocycles. The highest BCUT2D eigenvalue weighted by atomic mass is 32.2. The fraction of sp³-hybridized carbons (Fsp3) is 0.500. The summed E-state index contributed by atoms with van der Waals surface area (Å²) in [6, 6.07) is 5.24. The van der Waals surface area contributed by atoms with Gasteiger partial charge >= 0.3 is 0 Å². The summed E-state index contributed by atoms with van der Waals surface area (Å²) in [5, 5.41) is 2.28. The first-order chi connectivity index (χ1) is 9.27. The molecule has 112 valence electrons. The van der Waals surface area contributed by atoms with Gasteiger partial charge in [0.25, 0.3) is 0 Å². The molecule has 1 amide bonds. The normalized spacial score (nSPS) is 12.9. The fourth-order valence-electron chi connectivity index (χ4n) is 1.69. The second-order valence-electron chi connectivity index (χ2n) is 4.90. The van der Waals surface area contributed by atoms with Gasteiger partial charge in [0.05, 0.1) is 11.0 Å². The monoisotopic (exact) mass is 298 g/mol. The number of carbonyl (C=O) groups is 1. The van der Waals surface area contributed by atoms with E-state index in [1.54, 1.807) is 32.0 Å². The Kier molecular flexibility index (Phi) is 5.56. The van der Waals surface area contributed by atoms with Crippen LogP contribution in [0.4, 0.5) is 11.4 Å². The summed E-state index contributed by atoms with van der Waals surface area (Å²) in [7, 11) is -3.20. The lowest BCUT2D eigenvalue weighted by Crippen LogP contribution is -2.24. The predicted octanol–water partition coefficient (Wildman–Crippen LogP) is 2.12. The van der Waals surface area contributed by atoms with Gasteiger partial charge in [-0.3, -0.25) is 4.79 Å². The van der Waals surface area contributed by atoms with Crippen molar-refractivity contribution in [2.24, 2.45) is 0 Å². The number of anilines is 2. The maximum Gasteiger partial charge on any atom is 0.225 e. The predicted molar refractivity (Wildman–Crippen MR) is 82.4 cm³/mol. The first-order valence-corrected chi connectivity index (χ1v) is 8.36. The van der Waals surface area contributed by atoms with Crippen LogP contribution in [0.5, 0.6) is 0 Å². The zero-order valence-corrected chi connectivity index (χ0v) is 13.0. The van der Waals surface area contributed by atoms with Crippen LogP contribution in [0.1, 0.15) is 32.3 Å². The maximum atomic E-state index is 11.8. The van der Waals surface area contributed by atoms with Crippen molar-refractivity contribution in [3.05, 3.63) is 23.8 Å². The van der Waals surface area contributed by atoms with E-state index in [0.29, 0.717) is 17.8 Å². The third-order valence-electron chi connectivity index (χ3n) is 3.45. The second-order valence-corrected chi connectivity index (χ2v) is 7.44. The van der Waals surface area contributed by atoms with E-state index in [2.05, 4.69) is 5.32 Å². The molecule has 0 aromatic heterocycles. The summed E-state index contributed by atoms with van der Waals surface area (Å²) in [4.78, 5) is 11.8. The molecule has 0 aliphatic rings. The minimum absolute atomic E-state index is 0.0408. The van der Waals surface area contributed by atoms with Gasteiger partial charge in [0.15, 0.2) is 9.84 Å². The van der Waals surface area contributed by atoms with Crippen LogP contribution in [0, 0.1) is 6.92 Å². The Morgan fingerprint density at radius 1 is 1.40 bits per heavy atom. The highest BCUT2D eigenvalue weighted by Gasteiger charge is 2.20. The molecule has 0 fully saturated rings. The first kappa shape index (κ1) is 16.5. The molecule has 0 bridgehead atoms. The van der Waals surface area contributed by atoms with E-state index < -0.39 is 15.1 Å². The third kappa shape index (κ3) is 4.23. The van der Waals surface area contributed by atoms with Gasteiger partial charge in [0.1, 0.15) is 0 Å². The topological polar surface area (TPSA) is 89.3 Å². The quantitative estimate of drug-likeness (QED) is 0.787. The molecular weight excluding hydrogens is 276 g/mol. The van der Waals surface area contributed by atoms with Crippen molar-refractivity contribution in [2.75, 3.05) is 16.8 Å². The van der Waals surface area contributed by atoms with E-state index in [1.807, 2.05) is 6.92 Å². The van der Waals surface area contributed by atoms with Crippen LogP contribution in [-0.4, -0.2) is 25.3 Å². The van der Waals surface area contributed by atoms with E-state index in [-0.39, 0.29) is 18.1 Å². The molecule has 1 aromatic carbocycles. The molecule has 1 unspecified atom stereocenters. The molecule has 0 heterocycles. The first-order valence-electron chi connectivity index (χ1n) is 6.64. The van der Waals surface area contributed by atoms with Gasteiger partial charge in [-0.2, -0.15) is 0 Å². The van der Waals surface area contributed by atoms with E-state index in [1.165, 1.54) is 0 Å². The Morgan fingerprint density at radius 3 is 2.65 bits per heavy atom. The van der Waals surface area contributed by atoms with Crippen molar-refractivity contribution in [3.8, 4) is 0 Å². The molecule has 0 radical (unpaired) electrons. The molecule has 1 atom stereocenters. The summed E-state index contributed by atoms with van der Waals surface area (Å²) in [6.07, 6.45) is 0.513. The van der Waals surface area contributed by atoms with Crippen molar-refractivity contribution in [1.82, 2.24) is 0 Å². The third-order valence-corrected chi connectivity index (χ3v) is 5.78.